The van der Waals surface area contributed by atoms with Crippen LogP contribution >= 0.6 is 0 Å². The summed E-state index contributed by atoms with van der Waals surface area (Å²) in [6, 6.07) is 27.2. The predicted octanol–water partition coefficient (Wildman–Crippen LogP) is 6.78. The van der Waals surface area contributed by atoms with Crippen LogP contribution in [0.25, 0.3) is 22.2 Å². The maximum absolute atomic E-state index is 13.8. The van der Waals surface area contributed by atoms with E-state index in [1.807, 2.05) is 60.9 Å². The molecule has 6 rings (SSSR count). The summed E-state index contributed by atoms with van der Waals surface area (Å²) >= 11 is 0. The summed E-state index contributed by atoms with van der Waals surface area (Å²) in [6.07, 6.45) is 2.38. The number of imidazole rings is 1. The SMILES string of the molecule is CC1(C)c2nc(-c3ccc(F)cc3)c(Nc3ccc(F)cc3)n2CCN1C(=O)CNC(=O)CCNC(=O)CCc1cccoc2ccccc2cc1. The van der Waals surface area contributed by atoms with Gasteiger partial charge in [0.05, 0.1) is 18.3 Å². The van der Waals surface area contributed by atoms with Crippen molar-refractivity contribution < 1.29 is 27.6 Å². The lowest BCUT2D eigenvalue weighted by Crippen LogP contribution is -2.54. The van der Waals surface area contributed by atoms with Gasteiger partial charge in [0, 0.05) is 49.1 Å². The average molecular weight is 707 g/mol. The van der Waals surface area contributed by atoms with Gasteiger partial charge in [0.2, 0.25) is 17.7 Å². The minimum Gasteiger partial charge on any atom is -0.464 e. The molecular weight excluding hydrogens is 666 g/mol. The second kappa shape index (κ2) is 15.9. The van der Waals surface area contributed by atoms with E-state index < -0.39 is 5.54 Å². The fourth-order valence-corrected chi connectivity index (χ4v) is 6.22. The standard InChI is InChI=1S/C40H40F2N6O4/c1-40(2)39-46-37(29-12-14-30(41)15-13-29)38(45-32-18-16-31(42)17-19-32)47(39)23-24-48(40)36(51)26-44-35(50)21-22-43-34(49)20-10-27-6-5-25-52-33-8-4-3-7-28(33)11-9-27/h3-9,11-19,25,45H,10,20-24,26H2,1-2H3,(H,43,49)(H,44,50). The second-order valence-corrected chi connectivity index (χ2v) is 13.0. The molecule has 0 unspecified atom stereocenters. The third-order valence-corrected chi connectivity index (χ3v) is 8.99. The Balaban J connectivity index is 1.03. The zero-order chi connectivity index (χ0) is 36.7. The van der Waals surface area contributed by atoms with Crippen molar-refractivity contribution in [3.05, 3.63) is 126 Å². The number of carbonyl (C=O) groups excluding carboxylic acids is 3. The van der Waals surface area contributed by atoms with Crippen molar-refractivity contribution in [1.82, 2.24) is 25.1 Å². The zero-order valence-electron chi connectivity index (χ0n) is 29.0. The minimum absolute atomic E-state index is 0.0196. The highest BCUT2D eigenvalue weighted by atomic mass is 19.1. The molecule has 0 aliphatic carbocycles. The van der Waals surface area contributed by atoms with Crippen LogP contribution in [0.3, 0.4) is 0 Å². The van der Waals surface area contributed by atoms with Gasteiger partial charge in [-0.1, -0.05) is 36.4 Å². The molecule has 0 bridgehead atoms. The molecule has 3 aromatic carbocycles. The number of para-hydroxylation sites is 1. The first-order chi connectivity index (χ1) is 25.1. The number of rotatable bonds is 11. The maximum Gasteiger partial charge on any atom is 0.242 e. The Morgan fingerprint density at radius 1 is 0.808 bits per heavy atom. The third kappa shape index (κ3) is 8.45. The summed E-state index contributed by atoms with van der Waals surface area (Å²) in [5.74, 6) is -0.344. The van der Waals surface area contributed by atoms with Gasteiger partial charge >= 0.3 is 0 Å². The number of hydrogen-bond acceptors (Lipinski definition) is 6. The molecule has 0 fully saturated rings. The van der Waals surface area contributed by atoms with E-state index in [2.05, 4.69) is 16.0 Å². The highest BCUT2D eigenvalue weighted by Gasteiger charge is 2.41. The number of aryl methyl sites for hydroxylation is 1. The Kier molecular flexibility index (Phi) is 10.9. The van der Waals surface area contributed by atoms with Gasteiger partial charge in [-0.3, -0.25) is 14.4 Å². The lowest BCUT2D eigenvalue weighted by atomic mass is 9.99. The van der Waals surface area contributed by atoms with Crippen molar-refractivity contribution in [1.29, 1.82) is 0 Å². The van der Waals surface area contributed by atoms with Crippen LogP contribution in [-0.2, 0) is 32.9 Å². The first kappa shape index (κ1) is 35.8. The maximum atomic E-state index is 13.8. The van der Waals surface area contributed by atoms with E-state index in [-0.39, 0.29) is 55.3 Å². The van der Waals surface area contributed by atoms with Crippen LogP contribution in [0.2, 0.25) is 0 Å². The van der Waals surface area contributed by atoms with Crippen LogP contribution in [0.5, 0.6) is 0 Å². The van der Waals surface area contributed by atoms with Gasteiger partial charge in [-0.15, -0.1) is 0 Å². The number of fused-ring (bicyclic) bond motifs is 2. The molecular formula is C40H40F2N6O4. The molecule has 5 aromatic rings. The topological polar surface area (TPSA) is 122 Å². The largest absolute Gasteiger partial charge is 0.464 e. The normalized spacial score (nSPS) is 13.2. The average Bonchev–Trinajstić information content (AvgIpc) is 3.54. The number of carbonyl (C=O) groups is 3. The molecule has 3 heterocycles. The highest BCUT2D eigenvalue weighted by Crippen LogP contribution is 2.39. The first-order valence-electron chi connectivity index (χ1n) is 17.1. The third-order valence-electron chi connectivity index (χ3n) is 8.99. The first-order valence-corrected chi connectivity index (χ1v) is 17.1. The predicted molar refractivity (Wildman–Crippen MR) is 195 cm³/mol. The fraction of sp³-hybridized carbons (Fsp3) is 0.250. The van der Waals surface area contributed by atoms with E-state index in [0.29, 0.717) is 48.1 Å². The summed E-state index contributed by atoms with van der Waals surface area (Å²) in [7, 11) is 0. The summed E-state index contributed by atoms with van der Waals surface area (Å²) in [6.45, 7) is 4.41. The zero-order valence-corrected chi connectivity index (χ0v) is 29.0. The molecule has 10 nitrogen and oxygen atoms in total. The summed E-state index contributed by atoms with van der Waals surface area (Å²) < 4.78 is 35.1. The Morgan fingerprint density at radius 3 is 2.29 bits per heavy atom. The Morgan fingerprint density at radius 2 is 1.52 bits per heavy atom. The van der Waals surface area contributed by atoms with Gasteiger partial charge in [0.15, 0.2) is 0 Å². The number of aromatic nitrogens is 2. The van der Waals surface area contributed by atoms with E-state index in [1.54, 1.807) is 41.5 Å². The fourth-order valence-electron chi connectivity index (χ4n) is 6.22. The number of halogens is 2. The molecule has 0 saturated carbocycles. The van der Waals surface area contributed by atoms with Gasteiger partial charge in [0.25, 0.3) is 0 Å². The molecule has 0 radical (unpaired) electrons. The van der Waals surface area contributed by atoms with Gasteiger partial charge in [-0.25, -0.2) is 13.8 Å². The van der Waals surface area contributed by atoms with Crippen LogP contribution in [-0.4, -0.2) is 51.8 Å². The Hall–Kier alpha value is -6.04. The van der Waals surface area contributed by atoms with Crippen molar-refractivity contribution in [3.8, 4) is 11.3 Å². The Labute approximate surface area is 300 Å². The smallest absolute Gasteiger partial charge is 0.242 e. The number of hydrogen-bond donors (Lipinski definition) is 3. The highest BCUT2D eigenvalue weighted by molar-refractivity contribution is 5.86. The van der Waals surface area contributed by atoms with Crippen molar-refractivity contribution in [2.24, 2.45) is 0 Å². The second-order valence-electron chi connectivity index (χ2n) is 13.0. The van der Waals surface area contributed by atoms with E-state index >= 15 is 0 Å². The molecule has 12 heteroatoms. The molecule has 0 saturated heterocycles. The monoisotopic (exact) mass is 706 g/mol. The molecule has 0 atom stereocenters. The van der Waals surface area contributed by atoms with Crippen LogP contribution in [0.4, 0.5) is 20.3 Å². The Bertz CT molecular complexity index is 2120. The van der Waals surface area contributed by atoms with Crippen LogP contribution in [0.1, 0.15) is 38.1 Å². The summed E-state index contributed by atoms with van der Waals surface area (Å²) in [5, 5.41) is 9.75. The van der Waals surface area contributed by atoms with Crippen LogP contribution in [0, 0.1) is 11.6 Å². The molecule has 1 aliphatic heterocycles. The van der Waals surface area contributed by atoms with Crippen molar-refractivity contribution in [2.75, 3.05) is 25.0 Å². The molecule has 268 valence electrons. The van der Waals surface area contributed by atoms with E-state index in [9.17, 15) is 23.2 Å². The number of nitrogens with one attached hydrogen (secondary N) is 3. The van der Waals surface area contributed by atoms with E-state index in [1.165, 1.54) is 24.3 Å². The number of amides is 3. The summed E-state index contributed by atoms with van der Waals surface area (Å²) in [4.78, 5) is 45.3. The lowest BCUT2D eigenvalue weighted by Gasteiger charge is -2.42. The molecule has 3 N–H and O–H groups in total. The number of anilines is 2. The summed E-state index contributed by atoms with van der Waals surface area (Å²) in [5.41, 5.74) is 2.70. The number of nitrogens with zero attached hydrogens (tertiary/aromatic N) is 3. The van der Waals surface area contributed by atoms with Crippen molar-refractivity contribution in [3.63, 3.8) is 0 Å². The van der Waals surface area contributed by atoms with Gasteiger partial charge in [-0.05, 0) is 86.5 Å². The van der Waals surface area contributed by atoms with Crippen molar-refractivity contribution in [2.45, 2.75) is 45.2 Å². The molecule has 2 aromatic heterocycles. The number of benzene rings is 3. The molecule has 3 amide bonds. The molecule has 0 spiro atoms. The van der Waals surface area contributed by atoms with Crippen molar-refractivity contribution >= 4 is 40.2 Å². The van der Waals surface area contributed by atoms with Gasteiger partial charge in [-0.2, -0.15) is 0 Å². The minimum atomic E-state index is -0.877. The van der Waals surface area contributed by atoms with E-state index in [0.717, 1.165) is 16.5 Å². The van der Waals surface area contributed by atoms with Crippen LogP contribution in [0.15, 0.2) is 108 Å². The van der Waals surface area contributed by atoms with Gasteiger partial charge in [0.1, 0.15) is 34.6 Å². The van der Waals surface area contributed by atoms with Crippen LogP contribution < -0.4 is 16.0 Å². The van der Waals surface area contributed by atoms with E-state index in [4.69, 9.17) is 9.40 Å². The van der Waals surface area contributed by atoms with Gasteiger partial charge < -0.3 is 29.8 Å². The quantitative estimate of drug-likeness (QED) is 0.139. The molecule has 1 aliphatic rings. The molecule has 52 heavy (non-hydrogen) atoms. The lowest BCUT2D eigenvalue weighted by molar-refractivity contribution is -0.139.